The molecule has 1 heterocycles. The molecule has 1 N–H and O–H groups in total. The minimum atomic E-state index is 1.00. The van der Waals surface area contributed by atoms with Crippen LogP contribution in [0.4, 0.5) is 0 Å². The number of nitrogens with one attached hydrogen (secondary N) is 1. The van der Waals surface area contributed by atoms with Crippen LogP contribution in [0.15, 0.2) is 0 Å². The lowest BCUT2D eigenvalue weighted by molar-refractivity contribution is 0.579. The Morgan fingerprint density at radius 2 is 2.07 bits per heavy atom. The van der Waals surface area contributed by atoms with Crippen molar-refractivity contribution in [1.82, 2.24) is 15.4 Å². The number of aryl methyl sites for hydroxylation is 2. The molecular weight excluding hydrogens is 174 g/mol. The van der Waals surface area contributed by atoms with Gasteiger partial charge in [-0.15, -0.1) is 5.10 Å². The van der Waals surface area contributed by atoms with Crippen molar-refractivity contribution in [1.29, 1.82) is 0 Å². The summed E-state index contributed by atoms with van der Waals surface area (Å²) in [5.41, 5.74) is 2.52. The van der Waals surface area contributed by atoms with E-state index in [-0.39, 0.29) is 0 Å². The SMILES string of the molecule is CCC1C2CCc3nn[nH]c3CCC12. The molecule has 3 nitrogen and oxygen atoms in total. The minimum absolute atomic E-state index is 1.00. The molecule has 1 aromatic rings. The fourth-order valence-corrected chi connectivity index (χ4v) is 3.27. The predicted molar refractivity (Wildman–Crippen MR) is 53.8 cm³/mol. The van der Waals surface area contributed by atoms with Gasteiger partial charge < -0.3 is 0 Å². The number of H-pyrrole nitrogens is 1. The fraction of sp³-hybridized carbons (Fsp3) is 0.818. The van der Waals surface area contributed by atoms with Crippen molar-refractivity contribution < 1.29 is 0 Å². The maximum absolute atomic E-state index is 4.16. The number of aromatic amines is 1. The van der Waals surface area contributed by atoms with E-state index in [1.807, 2.05) is 0 Å². The van der Waals surface area contributed by atoms with Gasteiger partial charge in [-0.2, -0.15) is 0 Å². The van der Waals surface area contributed by atoms with E-state index in [0.29, 0.717) is 0 Å². The molecule has 14 heavy (non-hydrogen) atoms. The third-order valence-corrected chi connectivity index (χ3v) is 4.13. The quantitative estimate of drug-likeness (QED) is 0.737. The maximum Gasteiger partial charge on any atom is 0.0856 e. The van der Waals surface area contributed by atoms with Gasteiger partial charge in [0, 0.05) is 0 Å². The lowest BCUT2D eigenvalue weighted by Crippen LogP contribution is -2.00. The molecule has 0 aliphatic heterocycles. The highest BCUT2D eigenvalue weighted by molar-refractivity contribution is 5.13. The van der Waals surface area contributed by atoms with Crippen LogP contribution < -0.4 is 0 Å². The molecule has 2 aliphatic carbocycles. The number of rotatable bonds is 1. The Balaban J connectivity index is 1.77. The molecule has 0 bridgehead atoms. The Morgan fingerprint density at radius 3 is 2.86 bits per heavy atom. The summed E-state index contributed by atoms with van der Waals surface area (Å²) in [4.78, 5) is 0. The fourth-order valence-electron chi connectivity index (χ4n) is 3.27. The third-order valence-electron chi connectivity index (χ3n) is 4.13. The smallest absolute Gasteiger partial charge is 0.0856 e. The number of aromatic nitrogens is 3. The van der Waals surface area contributed by atoms with Crippen LogP contribution in [-0.4, -0.2) is 15.4 Å². The molecule has 1 fully saturated rings. The van der Waals surface area contributed by atoms with Crippen LogP contribution in [0.25, 0.3) is 0 Å². The summed E-state index contributed by atoms with van der Waals surface area (Å²) in [6.07, 6.45) is 6.36. The maximum atomic E-state index is 4.16. The summed E-state index contributed by atoms with van der Waals surface area (Å²) in [5, 5.41) is 11.1. The lowest BCUT2D eigenvalue weighted by atomic mass is 10.0. The molecule has 3 heteroatoms. The number of hydrogen-bond acceptors (Lipinski definition) is 2. The zero-order chi connectivity index (χ0) is 9.54. The van der Waals surface area contributed by atoms with Gasteiger partial charge in [0.05, 0.1) is 11.4 Å². The molecule has 2 aliphatic rings. The van der Waals surface area contributed by atoms with E-state index in [1.165, 1.54) is 37.1 Å². The van der Waals surface area contributed by atoms with Gasteiger partial charge in [-0.1, -0.05) is 18.6 Å². The first-order valence-electron chi connectivity index (χ1n) is 5.79. The Kier molecular flexibility index (Phi) is 1.85. The Morgan fingerprint density at radius 1 is 1.29 bits per heavy atom. The van der Waals surface area contributed by atoms with Crippen LogP contribution in [0.5, 0.6) is 0 Å². The number of fused-ring (bicyclic) bond motifs is 2. The van der Waals surface area contributed by atoms with Gasteiger partial charge in [0.15, 0.2) is 0 Å². The molecule has 1 saturated carbocycles. The standard InChI is InChI=1S/C11H17N3/c1-2-7-8-3-5-10-11(13-14-12-10)6-4-9(7)8/h7-9H,2-6H2,1H3,(H,12,13,14). The first-order chi connectivity index (χ1) is 6.90. The molecule has 0 radical (unpaired) electrons. The minimum Gasteiger partial charge on any atom is -0.262 e. The van der Waals surface area contributed by atoms with Crippen LogP contribution in [0, 0.1) is 17.8 Å². The van der Waals surface area contributed by atoms with Crippen molar-refractivity contribution in [3.05, 3.63) is 11.4 Å². The highest BCUT2D eigenvalue weighted by atomic mass is 15.3. The van der Waals surface area contributed by atoms with Crippen molar-refractivity contribution in [2.45, 2.75) is 39.0 Å². The van der Waals surface area contributed by atoms with E-state index < -0.39 is 0 Å². The monoisotopic (exact) mass is 191 g/mol. The second-order valence-corrected chi connectivity index (χ2v) is 4.71. The predicted octanol–water partition coefficient (Wildman–Crippen LogP) is 1.96. The second kappa shape index (κ2) is 3.07. The van der Waals surface area contributed by atoms with E-state index in [2.05, 4.69) is 22.3 Å². The number of hydrogen-bond donors (Lipinski definition) is 1. The molecule has 3 unspecified atom stereocenters. The van der Waals surface area contributed by atoms with Gasteiger partial charge in [-0.3, -0.25) is 5.10 Å². The first kappa shape index (κ1) is 8.45. The van der Waals surface area contributed by atoms with Crippen LogP contribution in [0.2, 0.25) is 0 Å². The van der Waals surface area contributed by atoms with E-state index >= 15 is 0 Å². The zero-order valence-corrected chi connectivity index (χ0v) is 8.66. The van der Waals surface area contributed by atoms with Crippen LogP contribution in [0.1, 0.15) is 37.6 Å². The van der Waals surface area contributed by atoms with Crippen molar-refractivity contribution in [2.24, 2.45) is 17.8 Å². The molecule has 3 rings (SSSR count). The van der Waals surface area contributed by atoms with Gasteiger partial charge in [0.2, 0.25) is 0 Å². The van der Waals surface area contributed by atoms with Gasteiger partial charge in [0.1, 0.15) is 0 Å². The van der Waals surface area contributed by atoms with Gasteiger partial charge in [0.25, 0.3) is 0 Å². The van der Waals surface area contributed by atoms with Crippen molar-refractivity contribution >= 4 is 0 Å². The second-order valence-electron chi connectivity index (χ2n) is 4.71. The Hall–Kier alpha value is -0.860. The molecule has 3 atom stereocenters. The third kappa shape index (κ3) is 1.18. The summed E-state index contributed by atoms with van der Waals surface area (Å²) in [6.45, 7) is 2.33. The van der Waals surface area contributed by atoms with E-state index in [0.717, 1.165) is 24.2 Å². The van der Waals surface area contributed by atoms with Gasteiger partial charge in [-0.25, -0.2) is 0 Å². The van der Waals surface area contributed by atoms with Gasteiger partial charge >= 0.3 is 0 Å². The lowest BCUT2D eigenvalue weighted by Gasteiger charge is -2.05. The van der Waals surface area contributed by atoms with E-state index in [1.54, 1.807) is 0 Å². The summed E-state index contributed by atoms with van der Waals surface area (Å²) in [6, 6.07) is 0. The highest BCUT2D eigenvalue weighted by Gasteiger charge is 2.47. The average molecular weight is 191 g/mol. The average Bonchev–Trinajstić information content (AvgIpc) is 2.65. The largest absolute Gasteiger partial charge is 0.262 e. The summed E-state index contributed by atoms with van der Waals surface area (Å²) in [5.74, 6) is 3.04. The van der Waals surface area contributed by atoms with Crippen LogP contribution in [0.3, 0.4) is 0 Å². The summed E-state index contributed by atoms with van der Waals surface area (Å²) >= 11 is 0. The van der Waals surface area contributed by atoms with E-state index in [9.17, 15) is 0 Å². The highest BCUT2D eigenvalue weighted by Crippen LogP contribution is 2.54. The first-order valence-corrected chi connectivity index (χ1v) is 5.79. The molecule has 0 amide bonds. The normalized spacial score (nSPS) is 35.4. The molecule has 0 saturated heterocycles. The zero-order valence-electron chi connectivity index (χ0n) is 8.66. The molecule has 0 spiro atoms. The summed E-state index contributed by atoms with van der Waals surface area (Å²) in [7, 11) is 0. The van der Waals surface area contributed by atoms with Gasteiger partial charge in [-0.05, 0) is 43.4 Å². The summed E-state index contributed by atoms with van der Waals surface area (Å²) < 4.78 is 0. The molecule has 0 aromatic carbocycles. The number of nitrogens with zero attached hydrogens (tertiary/aromatic N) is 2. The van der Waals surface area contributed by atoms with Crippen molar-refractivity contribution in [3.8, 4) is 0 Å². The van der Waals surface area contributed by atoms with Crippen molar-refractivity contribution in [3.63, 3.8) is 0 Å². The Bertz CT molecular complexity index is 303. The molecule has 76 valence electrons. The Labute approximate surface area is 84.3 Å². The van der Waals surface area contributed by atoms with Crippen LogP contribution >= 0.6 is 0 Å². The molecule has 1 aromatic heterocycles. The van der Waals surface area contributed by atoms with Crippen LogP contribution in [-0.2, 0) is 12.8 Å². The van der Waals surface area contributed by atoms with E-state index in [4.69, 9.17) is 0 Å². The molecular formula is C11H17N3. The topological polar surface area (TPSA) is 41.6 Å². The van der Waals surface area contributed by atoms with Crippen molar-refractivity contribution in [2.75, 3.05) is 0 Å².